The number of nitrogens with one attached hydrogen (secondary N) is 1. The molecule has 0 aliphatic heterocycles. The first-order chi connectivity index (χ1) is 9.20. The number of aromatic nitrogens is 3. The minimum absolute atomic E-state index is 0.610. The smallest absolute Gasteiger partial charge is 0.140 e. The van der Waals surface area contributed by atoms with Crippen molar-refractivity contribution >= 4 is 0 Å². The molecule has 2 atom stereocenters. The fraction of sp³-hybridized carbons (Fsp3) is 0.867. The number of rotatable bonds is 6. The Labute approximate surface area is 117 Å². The largest absolute Gasteiger partial charge is 0.307 e. The topological polar surface area (TPSA) is 42.7 Å². The van der Waals surface area contributed by atoms with Gasteiger partial charge in [-0.2, -0.15) is 5.10 Å². The molecule has 1 fully saturated rings. The van der Waals surface area contributed by atoms with E-state index in [1.165, 1.54) is 32.1 Å². The minimum atomic E-state index is 0.610. The summed E-state index contributed by atoms with van der Waals surface area (Å²) in [5.74, 6) is 2.53. The van der Waals surface area contributed by atoms with E-state index < -0.39 is 0 Å². The molecule has 1 heterocycles. The zero-order valence-corrected chi connectivity index (χ0v) is 12.6. The van der Waals surface area contributed by atoms with Crippen LogP contribution in [0, 0.1) is 11.8 Å². The third-order valence-electron chi connectivity index (χ3n) is 4.19. The summed E-state index contributed by atoms with van der Waals surface area (Å²) >= 11 is 0. The summed E-state index contributed by atoms with van der Waals surface area (Å²) in [6.45, 7) is 8.55. The van der Waals surface area contributed by atoms with Gasteiger partial charge in [-0.25, -0.2) is 9.67 Å². The van der Waals surface area contributed by atoms with Crippen LogP contribution in [0.25, 0.3) is 0 Å². The highest BCUT2D eigenvalue weighted by Crippen LogP contribution is 2.26. The maximum atomic E-state index is 4.39. The highest BCUT2D eigenvalue weighted by molar-refractivity contribution is 4.88. The second-order valence-corrected chi connectivity index (χ2v) is 6.19. The normalized spacial score (nSPS) is 24.0. The second kappa shape index (κ2) is 7.04. The first-order valence-electron chi connectivity index (χ1n) is 7.80. The first kappa shape index (κ1) is 14.5. The lowest BCUT2D eigenvalue weighted by Crippen LogP contribution is -2.38. The maximum absolute atomic E-state index is 4.39. The van der Waals surface area contributed by atoms with E-state index in [0.717, 1.165) is 24.8 Å². The SMILES string of the molecule is CCC1CCCCC1NCc1ncnn1CC(C)C. The van der Waals surface area contributed by atoms with Gasteiger partial charge in [-0.3, -0.25) is 0 Å². The van der Waals surface area contributed by atoms with Crippen LogP contribution in [0.2, 0.25) is 0 Å². The standard InChI is InChI=1S/C15H28N4/c1-4-13-7-5-6-8-14(13)16-9-15-17-11-18-19(15)10-12(2)3/h11-14,16H,4-10H2,1-3H3. The average Bonchev–Trinajstić information content (AvgIpc) is 2.83. The maximum Gasteiger partial charge on any atom is 0.140 e. The fourth-order valence-electron chi connectivity index (χ4n) is 3.11. The summed E-state index contributed by atoms with van der Waals surface area (Å²) in [7, 11) is 0. The Morgan fingerprint density at radius 2 is 2.16 bits per heavy atom. The molecule has 0 saturated heterocycles. The monoisotopic (exact) mass is 264 g/mol. The van der Waals surface area contributed by atoms with Gasteiger partial charge in [0.1, 0.15) is 12.2 Å². The molecule has 4 nitrogen and oxygen atoms in total. The number of hydrogen-bond acceptors (Lipinski definition) is 3. The summed E-state index contributed by atoms with van der Waals surface area (Å²) < 4.78 is 2.04. The van der Waals surface area contributed by atoms with Crippen molar-refractivity contribution in [1.82, 2.24) is 20.1 Å². The van der Waals surface area contributed by atoms with Crippen LogP contribution in [-0.2, 0) is 13.1 Å². The Hall–Kier alpha value is -0.900. The summed E-state index contributed by atoms with van der Waals surface area (Å²) in [4.78, 5) is 4.39. The van der Waals surface area contributed by atoms with E-state index in [1.807, 2.05) is 4.68 Å². The van der Waals surface area contributed by atoms with Crippen molar-refractivity contribution < 1.29 is 0 Å². The molecule has 2 rings (SSSR count). The molecule has 108 valence electrons. The molecule has 1 N–H and O–H groups in total. The van der Waals surface area contributed by atoms with E-state index in [-0.39, 0.29) is 0 Å². The van der Waals surface area contributed by atoms with Crippen LogP contribution in [0.3, 0.4) is 0 Å². The Morgan fingerprint density at radius 3 is 2.89 bits per heavy atom. The highest BCUT2D eigenvalue weighted by atomic mass is 15.3. The fourth-order valence-corrected chi connectivity index (χ4v) is 3.11. The molecule has 0 bridgehead atoms. The van der Waals surface area contributed by atoms with E-state index in [9.17, 15) is 0 Å². The van der Waals surface area contributed by atoms with Gasteiger partial charge in [0.2, 0.25) is 0 Å². The lowest BCUT2D eigenvalue weighted by Gasteiger charge is -2.31. The molecule has 1 aliphatic carbocycles. The summed E-state index contributed by atoms with van der Waals surface area (Å²) in [5.41, 5.74) is 0. The van der Waals surface area contributed by atoms with Gasteiger partial charge in [0.15, 0.2) is 0 Å². The Kier molecular flexibility index (Phi) is 5.37. The molecule has 0 amide bonds. The zero-order valence-electron chi connectivity index (χ0n) is 12.6. The molecular formula is C15H28N4. The predicted octanol–water partition coefficient (Wildman–Crippen LogP) is 2.99. The lowest BCUT2D eigenvalue weighted by atomic mass is 9.83. The van der Waals surface area contributed by atoms with Crippen LogP contribution >= 0.6 is 0 Å². The molecule has 0 spiro atoms. The molecule has 0 aromatic carbocycles. The molecule has 1 aromatic rings. The van der Waals surface area contributed by atoms with E-state index in [4.69, 9.17) is 0 Å². The second-order valence-electron chi connectivity index (χ2n) is 6.19. The summed E-state index contributed by atoms with van der Waals surface area (Å²) in [6.07, 6.45) is 8.44. The quantitative estimate of drug-likeness (QED) is 0.859. The first-order valence-corrected chi connectivity index (χ1v) is 7.80. The van der Waals surface area contributed by atoms with Crippen molar-refractivity contribution in [2.75, 3.05) is 0 Å². The Bertz CT molecular complexity index is 372. The van der Waals surface area contributed by atoms with E-state index in [0.29, 0.717) is 12.0 Å². The summed E-state index contributed by atoms with van der Waals surface area (Å²) in [5, 5.41) is 8.04. The average molecular weight is 264 g/mol. The van der Waals surface area contributed by atoms with Gasteiger partial charge in [0, 0.05) is 12.6 Å². The van der Waals surface area contributed by atoms with Crippen LogP contribution < -0.4 is 5.32 Å². The van der Waals surface area contributed by atoms with Crippen molar-refractivity contribution in [1.29, 1.82) is 0 Å². The molecule has 19 heavy (non-hydrogen) atoms. The van der Waals surface area contributed by atoms with Crippen LogP contribution in [0.5, 0.6) is 0 Å². The third kappa shape index (κ3) is 4.03. The number of nitrogens with zero attached hydrogens (tertiary/aromatic N) is 3. The Balaban J connectivity index is 1.89. The highest BCUT2D eigenvalue weighted by Gasteiger charge is 2.23. The molecule has 0 radical (unpaired) electrons. The van der Waals surface area contributed by atoms with Crippen LogP contribution in [0.4, 0.5) is 0 Å². The Morgan fingerprint density at radius 1 is 1.37 bits per heavy atom. The third-order valence-corrected chi connectivity index (χ3v) is 4.19. The van der Waals surface area contributed by atoms with Crippen molar-refractivity contribution in [3.63, 3.8) is 0 Å². The molecule has 4 heteroatoms. The molecule has 2 unspecified atom stereocenters. The van der Waals surface area contributed by atoms with Crippen molar-refractivity contribution in [2.45, 2.75) is 72.0 Å². The van der Waals surface area contributed by atoms with Gasteiger partial charge < -0.3 is 5.32 Å². The van der Waals surface area contributed by atoms with Crippen LogP contribution in [0.1, 0.15) is 58.7 Å². The number of hydrogen-bond donors (Lipinski definition) is 1. The van der Waals surface area contributed by atoms with E-state index >= 15 is 0 Å². The molecule has 1 aromatic heterocycles. The molecule has 1 aliphatic rings. The van der Waals surface area contributed by atoms with Crippen LogP contribution in [-0.4, -0.2) is 20.8 Å². The molecule has 1 saturated carbocycles. The van der Waals surface area contributed by atoms with E-state index in [2.05, 4.69) is 36.2 Å². The van der Waals surface area contributed by atoms with Gasteiger partial charge in [0.25, 0.3) is 0 Å². The van der Waals surface area contributed by atoms with Gasteiger partial charge in [0.05, 0.1) is 6.54 Å². The van der Waals surface area contributed by atoms with Crippen molar-refractivity contribution in [3.8, 4) is 0 Å². The van der Waals surface area contributed by atoms with Gasteiger partial charge in [-0.05, 0) is 24.7 Å². The van der Waals surface area contributed by atoms with Gasteiger partial charge >= 0.3 is 0 Å². The van der Waals surface area contributed by atoms with Gasteiger partial charge in [-0.1, -0.05) is 40.0 Å². The minimum Gasteiger partial charge on any atom is -0.307 e. The lowest BCUT2D eigenvalue weighted by molar-refractivity contribution is 0.251. The predicted molar refractivity (Wildman–Crippen MR) is 77.7 cm³/mol. The van der Waals surface area contributed by atoms with Crippen molar-refractivity contribution in [3.05, 3.63) is 12.2 Å². The van der Waals surface area contributed by atoms with Crippen LogP contribution in [0.15, 0.2) is 6.33 Å². The van der Waals surface area contributed by atoms with Crippen molar-refractivity contribution in [2.24, 2.45) is 11.8 Å². The zero-order chi connectivity index (χ0) is 13.7. The molecular weight excluding hydrogens is 236 g/mol. The summed E-state index contributed by atoms with van der Waals surface area (Å²) in [6, 6.07) is 0.669. The van der Waals surface area contributed by atoms with E-state index in [1.54, 1.807) is 6.33 Å². The van der Waals surface area contributed by atoms with Gasteiger partial charge in [-0.15, -0.1) is 0 Å².